The van der Waals surface area contributed by atoms with Gasteiger partial charge in [0.15, 0.2) is 18.1 Å². The number of aryl methyl sites for hydroxylation is 1. The van der Waals surface area contributed by atoms with E-state index in [9.17, 15) is 18.8 Å². The van der Waals surface area contributed by atoms with Gasteiger partial charge in [-0.15, -0.1) is 6.58 Å². The number of hydrogen-bond donors (Lipinski definition) is 3. The molecule has 3 amide bonds. The summed E-state index contributed by atoms with van der Waals surface area (Å²) in [5, 5.41) is 9.44. The van der Waals surface area contributed by atoms with Crippen molar-refractivity contribution < 1.29 is 28.2 Å². The molecule has 0 saturated heterocycles. The van der Waals surface area contributed by atoms with E-state index in [4.69, 9.17) is 9.47 Å². The smallest absolute Gasteiger partial charge is 0.262 e. The SMILES string of the molecule is C=CCc1cc(C=NNC(=O)CCC(=O)Nc2ccccc2C)cc(OCC)c1OCC(=O)Nc1ccc(F)cc1. The number of allylic oxidation sites excluding steroid dienone is 1. The zero-order chi connectivity index (χ0) is 29.6. The Morgan fingerprint density at radius 2 is 1.68 bits per heavy atom. The summed E-state index contributed by atoms with van der Waals surface area (Å²) in [4.78, 5) is 36.8. The Labute approximate surface area is 238 Å². The minimum atomic E-state index is -0.426. The highest BCUT2D eigenvalue weighted by molar-refractivity contribution is 5.94. The van der Waals surface area contributed by atoms with E-state index in [-0.39, 0.29) is 25.4 Å². The van der Waals surface area contributed by atoms with Crippen LogP contribution in [-0.4, -0.2) is 37.1 Å². The van der Waals surface area contributed by atoms with Crippen LogP contribution in [0.3, 0.4) is 0 Å². The average Bonchev–Trinajstić information content (AvgIpc) is 2.94. The van der Waals surface area contributed by atoms with Crippen molar-refractivity contribution in [1.82, 2.24) is 5.43 Å². The first kappa shape index (κ1) is 30.6. The van der Waals surface area contributed by atoms with E-state index in [2.05, 4.69) is 27.7 Å². The first-order chi connectivity index (χ1) is 19.8. The van der Waals surface area contributed by atoms with E-state index < -0.39 is 17.6 Å². The summed E-state index contributed by atoms with van der Waals surface area (Å²) in [6.45, 7) is 7.52. The third kappa shape index (κ3) is 9.92. The molecule has 0 aliphatic carbocycles. The van der Waals surface area contributed by atoms with Crippen LogP contribution in [0.4, 0.5) is 15.8 Å². The van der Waals surface area contributed by atoms with E-state index in [1.54, 1.807) is 24.3 Å². The Morgan fingerprint density at radius 1 is 0.951 bits per heavy atom. The number of benzene rings is 3. The van der Waals surface area contributed by atoms with E-state index in [1.165, 1.54) is 30.5 Å². The molecular formula is C31H33FN4O5. The number of para-hydroxylation sites is 1. The minimum Gasteiger partial charge on any atom is -0.490 e. The summed E-state index contributed by atoms with van der Waals surface area (Å²) in [5.41, 5.74) is 5.82. The molecule has 0 radical (unpaired) electrons. The molecule has 214 valence electrons. The van der Waals surface area contributed by atoms with Gasteiger partial charge in [-0.2, -0.15) is 5.10 Å². The number of carbonyl (C=O) groups is 3. The van der Waals surface area contributed by atoms with Crippen LogP contribution in [-0.2, 0) is 20.8 Å². The second kappa shape index (κ2) is 15.6. The number of hydrogen-bond acceptors (Lipinski definition) is 6. The van der Waals surface area contributed by atoms with Crippen LogP contribution in [0.25, 0.3) is 0 Å². The number of halogens is 1. The van der Waals surface area contributed by atoms with Crippen molar-refractivity contribution in [3.63, 3.8) is 0 Å². The van der Waals surface area contributed by atoms with Gasteiger partial charge in [-0.3, -0.25) is 14.4 Å². The fourth-order valence-electron chi connectivity index (χ4n) is 3.75. The lowest BCUT2D eigenvalue weighted by Crippen LogP contribution is -2.21. The molecule has 3 aromatic rings. The molecule has 0 fully saturated rings. The highest BCUT2D eigenvalue weighted by Gasteiger charge is 2.15. The van der Waals surface area contributed by atoms with Gasteiger partial charge >= 0.3 is 0 Å². The average molecular weight is 561 g/mol. The molecular weight excluding hydrogens is 527 g/mol. The van der Waals surface area contributed by atoms with Crippen LogP contribution in [0.15, 0.2) is 78.4 Å². The zero-order valence-electron chi connectivity index (χ0n) is 23.0. The highest BCUT2D eigenvalue weighted by atomic mass is 19.1. The van der Waals surface area contributed by atoms with Crippen molar-refractivity contribution in [2.75, 3.05) is 23.8 Å². The number of hydrazone groups is 1. The number of nitrogens with one attached hydrogen (secondary N) is 3. The molecule has 3 rings (SSSR count). The van der Waals surface area contributed by atoms with Crippen LogP contribution in [0.1, 0.15) is 36.5 Å². The molecule has 0 spiro atoms. The molecule has 0 heterocycles. The van der Waals surface area contributed by atoms with Gasteiger partial charge in [0.05, 0.1) is 12.8 Å². The topological polar surface area (TPSA) is 118 Å². The van der Waals surface area contributed by atoms with Crippen molar-refractivity contribution in [1.29, 1.82) is 0 Å². The monoisotopic (exact) mass is 560 g/mol. The first-order valence-electron chi connectivity index (χ1n) is 13.0. The van der Waals surface area contributed by atoms with Crippen LogP contribution in [0.2, 0.25) is 0 Å². The van der Waals surface area contributed by atoms with Crippen molar-refractivity contribution in [2.24, 2.45) is 5.10 Å². The molecule has 0 bridgehead atoms. The molecule has 3 N–H and O–H groups in total. The van der Waals surface area contributed by atoms with Crippen LogP contribution < -0.4 is 25.5 Å². The van der Waals surface area contributed by atoms with Gasteiger partial charge in [0.1, 0.15) is 5.82 Å². The van der Waals surface area contributed by atoms with E-state index in [0.717, 1.165) is 5.56 Å². The van der Waals surface area contributed by atoms with E-state index >= 15 is 0 Å². The Hall–Kier alpha value is -4.99. The van der Waals surface area contributed by atoms with Crippen LogP contribution >= 0.6 is 0 Å². The minimum absolute atomic E-state index is 0.00836. The molecule has 9 nitrogen and oxygen atoms in total. The van der Waals surface area contributed by atoms with Gasteiger partial charge in [-0.05, 0) is 73.9 Å². The molecule has 10 heteroatoms. The van der Waals surface area contributed by atoms with Gasteiger partial charge < -0.3 is 20.1 Å². The molecule has 41 heavy (non-hydrogen) atoms. The Morgan fingerprint density at radius 3 is 2.39 bits per heavy atom. The standard InChI is InChI=1S/C31H33FN4O5/c1-4-8-23-17-22(19-33-36-29(38)16-15-28(37)35-26-10-7-6-9-21(26)3)18-27(40-5-2)31(23)41-20-30(39)34-25-13-11-24(32)12-14-25/h4,6-7,9-14,17-19H,1,5,8,15-16,20H2,2-3H3,(H,34,39)(H,35,37)(H,36,38). The molecule has 0 aliphatic heterocycles. The summed E-state index contributed by atoms with van der Waals surface area (Å²) in [5.74, 6) is -0.743. The van der Waals surface area contributed by atoms with E-state index in [0.29, 0.717) is 47.0 Å². The fraction of sp³-hybridized carbons (Fsp3) is 0.226. The summed E-state index contributed by atoms with van der Waals surface area (Å²) >= 11 is 0. The second-order valence-electron chi connectivity index (χ2n) is 8.93. The quantitative estimate of drug-likeness (QED) is 0.143. The van der Waals surface area contributed by atoms with Gasteiger partial charge in [0.2, 0.25) is 11.8 Å². The summed E-state index contributed by atoms with van der Waals surface area (Å²) in [6.07, 6.45) is 3.52. The van der Waals surface area contributed by atoms with Crippen molar-refractivity contribution in [2.45, 2.75) is 33.1 Å². The third-order valence-electron chi connectivity index (χ3n) is 5.69. The number of nitrogens with zero attached hydrogens (tertiary/aromatic N) is 1. The van der Waals surface area contributed by atoms with Crippen molar-refractivity contribution >= 4 is 35.3 Å². The van der Waals surface area contributed by atoms with Crippen LogP contribution in [0, 0.1) is 12.7 Å². The second-order valence-corrected chi connectivity index (χ2v) is 8.93. The first-order valence-corrected chi connectivity index (χ1v) is 13.0. The lowest BCUT2D eigenvalue weighted by atomic mass is 10.1. The van der Waals surface area contributed by atoms with Crippen molar-refractivity contribution in [3.8, 4) is 11.5 Å². The lowest BCUT2D eigenvalue weighted by Gasteiger charge is -2.16. The van der Waals surface area contributed by atoms with Gasteiger partial charge in [0.25, 0.3) is 5.91 Å². The summed E-state index contributed by atoms with van der Waals surface area (Å²) in [6, 6.07) is 16.3. The third-order valence-corrected chi connectivity index (χ3v) is 5.69. The van der Waals surface area contributed by atoms with Gasteiger partial charge in [0, 0.05) is 29.8 Å². The molecule has 0 aliphatic rings. The van der Waals surface area contributed by atoms with Gasteiger partial charge in [-0.25, -0.2) is 9.82 Å². The maximum Gasteiger partial charge on any atom is 0.262 e. The highest BCUT2D eigenvalue weighted by Crippen LogP contribution is 2.33. The molecule has 3 aromatic carbocycles. The Kier molecular flexibility index (Phi) is 11.6. The van der Waals surface area contributed by atoms with Gasteiger partial charge in [-0.1, -0.05) is 24.3 Å². The fourth-order valence-corrected chi connectivity index (χ4v) is 3.75. The molecule has 0 aromatic heterocycles. The largest absolute Gasteiger partial charge is 0.490 e. The zero-order valence-corrected chi connectivity index (χ0v) is 23.0. The number of ether oxygens (including phenoxy) is 2. The number of anilines is 2. The summed E-state index contributed by atoms with van der Waals surface area (Å²) in [7, 11) is 0. The number of rotatable bonds is 14. The Balaban J connectivity index is 1.60. The maximum absolute atomic E-state index is 13.1. The molecule has 0 saturated carbocycles. The Bertz CT molecular complexity index is 1410. The van der Waals surface area contributed by atoms with E-state index in [1.807, 2.05) is 32.0 Å². The normalized spacial score (nSPS) is 10.6. The molecule has 0 unspecified atom stereocenters. The number of carbonyl (C=O) groups excluding carboxylic acids is 3. The van der Waals surface area contributed by atoms with Crippen LogP contribution in [0.5, 0.6) is 11.5 Å². The summed E-state index contributed by atoms with van der Waals surface area (Å²) < 4.78 is 24.7. The lowest BCUT2D eigenvalue weighted by molar-refractivity contribution is -0.124. The number of amides is 3. The predicted molar refractivity (Wildman–Crippen MR) is 157 cm³/mol. The predicted octanol–water partition coefficient (Wildman–Crippen LogP) is 5.15. The van der Waals surface area contributed by atoms with Crippen molar-refractivity contribution in [3.05, 3.63) is 95.8 Å². The maximum atomic E-state index is 13.1. The molecule has 0 atom stereocenters.